The second-order valence-corrected chi connectivity index (χ2v) is 6.86. The van der Waals surface area contributed by atoms with E-state index in [1.165, 1.54) is 6.08 Å². The summed E-state index contributed by atoms with van der Waals surface area (Å²) in [5.41, 5.74) is 9.22. The number of Topliss-reactive ketones (excluding diaryl/α,β-unsaturated/α-hetero) is 1. The molecule has 26 heavy (non-hydrogen) atoms. The standard InChI is InChI=1S/C12H13N3O2.C7H10N2/c16-9-7-8(13-1-2-13)12(17)11(15-5-6-15)10(9)14-3-4-14;1-6-3-2-4-7(5-8)9-6/h7H,1-6H2;2-4H,5,8H2,1H3. The van der Waals surface area contributed by atoms with Gasteiger partial charge in [0.05, 0.1) is 11.4 Å². The Bertz CT molecular complexity index is 817. The van der Waals surface area contributed by atoms with Crippen molar-refractivity contribution < 1.29 is 9.59 Å². The Kier molecular flexibility index (Phi) is 4.24. The van der Waals surface area contributed by atoms with Gasteiger partial charge in [0.1, 0.15) is 11.4 Å². The van der Waals surface area contributed by atoms with Crippen LogP contribution in [0.25, 0.3) is 0 Å². The molecule has 1 aromatic rings. The third-order valence-electron chi connectivity index (χ3n) is 4.64. The summed E-state index contributed by atoms with van der Waals surface area (Å²) in [7, 11) is 0. The maximum absolute atomic E-state index is 12.4. The molecule has 7 nitrogen and oxygen atoms in total. The van der Waals surface area contributed by atoms with Gasteiger partial charge in [-0.1, -0.05) is 6.07 Å². The first-order valence-electron chi connectivity index (χ1n) is 9.01. The zero-order valence-corrected chi connectivity index (χ0v) is 14.9. The van der Waals surface area contributed by atoms with E-state index in [1.807, 2.05) is 39.8 Å². The predicted molar refractivity (Wildman–Crippen MR) is 96.7 cm³/mol. The van der Waals surface area contributed by atoms with Crippen molar-refractivity contribution in [3.05, 3.63) is 52.8 Å². The van der Waals surface area contributed by atoms with Crippen LogP contribution in [-0.2, 0) is 16.1 Å². The van der Waals surface area contributed by atoms with Gasteiger partial charge in [0.15, 0.2) is 0 Å². The molecule has 3 aliphatic heterocycles. The molecule has 0 spiro atoms. The summed E-state index contributed by atoms with van der Waals surface area (Å²) in [5.74, 6) is 0.0485. The average Bonchev–Trinajstić information content (AvgIpc) is 3.49. The van der Waals surface area contributed by atoms with Crippen molar-refractivity contribution in [1.82, 2.24) is 19.7 Å². The molecule has 0 bridgehead atoms. The van der Waals surface area contributed by atoms with Crippen LogP contribution in [0.3, 0.4) is 0 Å². The lowest BCUT2D eigenvalue weighted by molar-refractivity contribution is -0.117. The summed E-state index contributed by atoms with van der Waals surface area (Å²) in [6.07, 6.45) is 1.52. The zero-order chi connectivity index (χ0) is 18.3. The normalized spacial score (nSPS) is 20.7. The van der Waals surface area contributed by atoms with E-state index >= 15 is 0 Å². The van der Waals surface area contributed by atoms with Crippen molar-refractivity contribution in [2.24, 2.45) is 5.73 Å². The first kappa shape index (κ1) is 16.8. The smallest absolute Gasteiger partial charge is 0.227 e. The zero-order valence-electron chi connectivity index (χ0n) is 14.9. The maximum atomic E-state index is 12.4. The molecular formula is C19H23N5O2. The number of aromatic nitrogens is 1. The highest BCUT2D eigenvalue weighted by molar-refractivity contribution is 6.22. The summed E-state index contributed by atoms with van der Waals surface area (Å²) < 4.78 is 0. The molecule has 2 N–H and O–H groups in total. The van der Waals surface area contributed by atoms with E-state index in [2.05, 4.69) is 4.98 Å². The number of nitrogens with zero attached hydrogens (tertiary/aromatic N) is 4. The van der Waals surface area contributed by atoms with Crippen LogP contribution in [0.5, 0.6) is 0 Å². The SMILES string of the molecule is Cc1cccc(CN)n1.O=C1C=C(N2CC2)C(=O)C(N2CC2)=C1N1CC1. The highest BCUT2D eigenvalue weighted by Gasteiger charge is 2.43. The van der Waals surface area contributed by atoms with E-state index in [0.29, 0.717) is 23.6 Å². The molecule has 3 fully saturated rings. The lowest BCUT2D eigenvalue weighted by Gasteiger charge is -2.21. The van der Waals surface area contributed by atoms with Gasteiger partial charge in [-0.05, 0) is 19.1 Å². The highest BCUT2D eigenvalue weighted by atomic mass is 16.1. The van der Waals surface area contributed by atoms with Crippen LogP contribution in [0.1, 0.15) is 11.4 Å². The Morgan fingerprint density at radius 2 is 1.58 bits per heavy atom. The van der Waals surface area contributed by atoms with E-state index < -0.39 is 0 Å². The molecule has 1 aliphatic carbocycles. The lowest BCUT2D eigenvalue weighted by atomic mass is 10.0. The van der Waals surface area contributed by atoms with Gasteiger partial charge in [-0.3, -0.25) is 14.6 Å². The lowest BCUT2D eigenvalue weighted by Crippen LogP contribution is -2.29. The molecule has 4 aliphatic rings. The van der Waals surface area contributed by atoms with Gasteiger partial charge >= 0.3 is 0 Å². The minimum absolute atomic E-state index is 0.00546. The van der Waals surface area contributed by atoms with Crippen LogP contribution in [0.4, 0.5) is 0 Å². The fraction of sp³-hybridized carbons (Fsp3) is 0.421. The van der Waals surface area contributed by atoms with E-state index in [0.717, 1.165) is 50.7 Å². The number of aryl methyl sites for hydroxylation is 1. The maximum Gasteiger partial charge on any atom is 0.227 e. The number of carbonyl (C=O) groups is 2. The van der Waals surface area contributed by atoms with E-state index in [-0.39, 0.29) is 11.6 Å². The van der Waals surface area contributed by atoms with Gasteiger partial charge < -0.3 is 20.4 Å². The average molecular weight is 353 g/mol. The molecule has 0 amide bonds. The Morgan fingerprint density at radius 1 is 0.962 bits per heavy atom. The topological polar surface area (TPSA) is 82.1 Å². The van der Waals surface area contributed by atoms with Crippen LogP contribution in [0.2, 0.25) is 0 Å². The summed E-state index contributed by atoms with van der Waals surface area (Å²) in [4.78, 5) is 34.6. The quantitative estimate of drug-likeness (QED) is 0.604. The number of hydrogen-bond donors (Lipinski definition) is 1. The first-order chi connectivity index (χ1) is 12.6. The number of ketones is 2. The molecule has 0 saturated carbocycles. The minimum atomic E-state index is 0.00546. The molecule has 4 heterocycles. The Hall–Kier alpha value is -2.67. The van der Waals surface area contributed by atoms with Crippen LogP contribution in [0.15, 0.2) is 41.4 Å². The number of nitrogens with two attached hydrogens (primary N) is 1. The highest BCUT2D eigenvalue weighted by Crippen LogP contribution is 2.33. The van der Waals surface area contributed by atoms with Gasteiger partial charge in [-0.25, -0.2) is 0 Å². The minimum Gasteiger partial charge on any atom is -0.365 e. The monoisotopic (exact) mass is 353 g/mol. The predicted octanol–water partition coefficient (Wildman–Crippen LogP) is 0.0292. The van der Waals surface area contributed by atoms with Crippen LogP contribution in [0, 0.1) is 6.92 Å². The van der Waals surface area contributed by atoms with Gasteiger partial charge in [0.25, 0.3) is 0 Å². The number of allylic oxidation sites excluding steroid dienone is 1. The molecular weight excluding hydrogens is 330 g/mol. The molecule has 0 radical (unpaired) electrons. The van der Waals surface area contributed by atoms with Gasteiger partial charge in [0, 0.05) is 57.6 Å². The van der Waals surface area contributed by atoms with E-state index in [9.17, 15) is 9.59 Å². The van der Waals surface area contributed by atoms with Crippen LogP contribution in [-0.4, -0.2) is 70.5 Å². The molecule has 7 heteroatoms. The van der Waals surface area contributed by atoms with E-state index in [1.54, 1.807) is 0 Å². The summed E-state index contributed by atoms with van der Waals surface area (Å²) >= 11 is 0. The van der Waals surface area contributed by atoms with Crippen molar-refractivity contribution in [3.63, 3.8) is 0 Å². The van der Waals surface area contributed by atoms with Crippen molar-refractivity contribution in [2.75, 3.05) is 39.3 Å². The van der Waals surface area contributed by atoms with Crippen LogP contribution < -0.4 is 5.73 Å². The number of rotatable bonds is 4. The van der Waals surface area contributed by atoms with Crippen molar-refractivity contribution in [2.45, 2.75) is 13.5 Å². The number of carbonyl (C=O) groups excluding carboxylic acids is 2. The second kappa shape index (κ2) is 6.57. The van der Waals surface area contributed by atoms with Crippen molar-refractivity contribution >= 4 is 11.6 Å². The molecule has 0 atom stereocenters. The summed E-state index contributed by atoms with van der Waals surface area (Å²) in [6.45, 7) is 7.89. The third kappa shape index (κ3) is 3.48. The number of hydrogen-bond acceptors (Lipinski definition) is 7. The van der Waals surface area contributed by atoms with Crippen LogP contribution >= 0.6 is 0 Å². The third-order valence-corrected chi connectivity index (χ3v) is 4.64. The van der Waals surface area contributed by atoms with E-state index in [4.69, 9.17) is 5.73 Å². The van der Waals surface area contributed by atoms with Crippen molar-refractivity contribution in [3.8, 4) is 0 Å². The molecule has 5 rings (SSSR count). The summed E-state index contributed by atoms with van der Waals surface area (Å²) in [6, 6.07) is 5.84. The fourth-order valence-corrected chi connectivity index (χ4v) is 2.99. The Morgan fingerprint density at radius 3 is 2.08 bits per heavy atom. The molecule has 1 aromatic heterocycles. The molecule has 0 unspecified atom stereocenters. The molecule has 0 aromatic carbocycles. The molecule has 3 saturated heterocycles. The largest absolute Gasteiger partial charge is 0.365 e. The van der Waals surface area contributed by atoms with Gasteiger partial charge in [0.2, 0.25) is 11.6 Å². The van der Waals surface area contributed by atoms with Crippen molar-refractivity contribution in [1.29, 1.82) is 0 Å². The number of pyridine rings is 1. The van der Waals surface area contributed by atoms with Gasteiger partial charge in [-0.15, -0.1) is 0 Å². The Balaban J connectivity index is 0.000000160. The second-order valence-electron chi connectivity index (χ2n) is 6.86. The summed E-state index contributed by atoms with van der Waals surface area (Å²) in [5, 5.41) is 0. The molecule has 136 valence electrons. The fourth-order valence-electron chi connectivity index (χ4n) is 2.99. The Labute approximate surface area is 152 Å². The first-order valence-corrected chi connectivity index (χ1v) is 9.01. The van der Waals surface area contributed by atoms with Gasteiger partial charge in [-0.2, -0.15) is 0 Å².